The smallest absolute Gasteiger partial charge is 0.304 e. The molecule has 1 aliphatic heterocycles. The summed E-state index contributed by atoms with van der Waals surface area (Å²) in [5.41, 5.74) is 3.38. The van der Waals surface area contributed by atoms with Crippen LogP contribution in [0.3, 0.4) is 0 Å². The van der Waals surface area contributed by atoms with Crippen molar-refractivity contribution in [1.82, 2.24) is 0 Å². The van der Waals surface area contributed by atoms with E-state index in [-0.39, 0.29) is 17.7 Å². The van der Waals surface area contributed by atoms with Crippen molar-refractivity contribution < 1.29 is 9.53 Å². The number of esters is 1. The maximum absolute atomic E-state index is 11.2. The monoisotopic (exact) mass is 259 g/mol. The number of allylic oxidation sites excluding steroid dienone is 1. The highest BCUT2D eigenvalue weighted by molar-refractivity contribution is 5.81. The summed E-state index contributed by atoms with van der Waals surface area (Å²) in [6, 6.07) is 8.22. The standard InChI is InChI=1S/C16H21NO2/c1-11-10-16(4,5)17(12(2)19-13(3)18)15-9-7-6-8-14(11)15/h6-10,12H,1-5H3. The van der Waals surface area contributed by atoms with E-state index in [1.165, 1.54) is 18.1 Å². The first-order valence-electron chi connectivity index (χ1n) is 6.58. The third kappa shape index (κ3) is 2.50. The lowest BCUT2D eigenvalue weighted by atomic mass is 9.88. The Morgan fingerprint density at radius 3 is 2.58 bits per heavy atom. The van der Waals surface area contributed by atoms with E-state index in [0.29, 0.717) is 0 Å². The van der Waals surface area contributed by atoms with Crippen LogP contribution in [-0.4, -0.2) is 17.7 Å². The lowest BCUT2D eigenvalue weighted by Gasteiger charge is -2.45. The molecule has 0 aromatic heterocycles. The molecule has 0 N–H and O–H groups in total. The molecule has 0 saturated heterocycles. The van der Waals surface area contributed by atoms with Crippen LogP contribution in [0.5, 0.6) is 0 Å². The summed E-state index contributed by atoms with van der Waals surface area (Å²) in [6.07, 6.45) is 1.92. The fraction of sp³-hybridized carbons (Fsp3) is 0.438. The van der Waals surface area contributed by atoms with Gasteiger partial charge in [0.05, 0.1) is 5.54 Å². The quantitative estimate of drug-likeness (QED) is 0.760. The second-order valence-corrected chi connectivity index (χ2v) is 5.58. The Morgan fingerprint density at radius 1 is 1.32 bits per heavy atom. The van der Waals surface area contributed by atoms with Gasteiger partial charge in [-0.05, 0) is 39.3 Å². The minimum Gasteiger partial charge on any atom is -0.442 e. The van der Waals surface area contributed by atoms with E-state index in [2.05, 4.69) is 43.9 Å². The number of anilines is 1. The maximum Gasteiger partial charge on any atom is 0.304 e. The average molecular weight is 259 g/mol. The highest BCUT2D eigenvalue weighted by Gasteiger charge is 2.35. The molecule has 3 heteroatoms. The Hall–Kier alpha value is -1.77. The third-order valence-electron chi connectivity index (χ3n) is 3.48. The molecule has 0 spiro atoms. The van der Waals surface area contributed by atoms with Crippen LogP contribution in [0.2, 0.25) is 0 Å². The van der Waals surface area contributed by atoms with Gasteiger partial charge in [-0.1, -0.05) is 24.3 Å². The van der Waals surface area contributed by atoms with E-state index in [4.69, 9.17) is 4.74 Å². The Bertz CT molecular complexity index is 531. The number of hydrogen-bond acceptors (Lipinski definition) is 3. The van der Waals surface area contributed by atoms with Gasteiger partial charge in [-0.3, -0.25) is 4.79 Å². The van der Waals surface area contributed by atoms with Crippen molar-refractivity contribution in [1.29, 1.82) is 0 Å². The summed E-state index contributed by atoms with van der Waals surface area (Å²) in [7, 11) is 0. The lowest BCUT2D eigenvalue weighted by Crippen LogP contribution is -2.51. The van der Waals surface area contributed by atoms with Crippen molar-refractivity contribution in [2.75, 3.05) is 4.90 Å². The number of hydrogen-bond donors (Lipinski definition) is 0. The highest BCUT2D eigenvalue weighted by atomic mass is 16.6. The van der Waals surface area contributed by atoms with E-state index in [0.717, 1.165) is 5.69 Å². The fourth-order valence-corrected chi connectivity index (χ4v) is 2.96. The summed E-state index contributed by atoms with van der Waals surface area (Å²) in [4.78, 5) is 13.4. The van der Waals surface area contributed by atoms with Gasteiger partial charge in [-0.25, -0.2) is 0 Å². The van der Waals surface area contributed by atoms with Crippen LogP contribution in [0.4, 0.5) is 5.69 Å². The first kappa shape index (κ1) is 13.7. The minimum atomic E-state index is -0.294. The van der Waals surface area contributed by atoms with Crippen molar-refractivity contribution in [2.45, 2.75) is 46.4 Å². The molecule has 1 aliphatic rings. The maximum atomic E-state index is 11.2. The molecule has 102 valence electrons. The zero-order chi connectivity index (χ0) is 14.2. The summed E-state index contributed by atoms with van der Waals surface area (Å²) in [5, 5.41) is 0. The van der Waals surface area contributed by atoms with Gasteiger partial charge in [0.2, 0.25) is 0 Å². The molecule has 2 rings (SSSR count). The number of nitrogens with zero attached hydrogens (tertiary/aromatic N) is 1. The van der Waals surface area contributed by atoms with Crippen LogP contribution in [0.15, 0.2) is 30.3 Å². The summed E-state index contributed by atoms with van der Waals surface area (Å²) < 4.78 is 5.38. The summed E-state index contributed by atoms with van der Waals surface area (Å²) in [6.45, 7) is 9.74. The van der Waals surface area contributed by atoms with Crippen molar-refractivity contribution in [3.05, 3.63) is 35.9 Å². The summed E-state index contributed by atoms with van der Waals surface area (Å²) >= 11 is 0. The van der Waals surface area contributed by atoms with E-state index in [1.54, 1.807) is 0 Å². The van der Waals surface area contributed by atoms with Crippen molar-refractivity contribution >= 4 is 17.2 Å². The van der Waals surface area contributed by atoms with Gasteiger partial charge in [0, 0.05) is 18.2 Å². The van der Waals surface area contributed by atoms with Crippen molar-refractivity contribution in [2.24, 2.45) is 0 Å². The Balaban J connectivity index is 2.49. The zero-order valence-corrected chi connectivity index (χ0v) is 12.2. The molecule has 0 fully saturated rings. The largest absolute Gasteiger partial charge is 0.442 e. The predicted octanol–water partition coefficient (Wildman–Crippen LogP) is 3.60. The topological polar surface area (TPSA) is 29.5 Å². The fourth-order valence-electron chi connectivity index (χ4n) is 2.96. The number of carbonyl (C=O) groups excluding carboxylic acids is 1. The van der Waals surface area contributed by atoms with Gasteiger partial charge in [-0.15, -0.1) is 0 Å². The van der Waals surface area contributed by atoms with Crippen LogP contribution in [-0.2, 0) is 9.53 Å². The number of para-hydroxylation sites is 1. The molecule has 0 bridgehead atoms. The van der Waals surface area contributed by atoms with Gasteiger partial charge in [0.25, 0.3) is 0 Å². The highest BCUT2D eigenvalue weighted by Crippen LogP contribution is 2.40. The zero-order valence-electron chi connectivity index (χ0n) is 12.2. The van der Waals surface area contributed by atoms with Gasteiger partial charge in [0.15, 0.2) is 6.23 Å². The molecule has 0 saturated carbocycles. The van der Waals surface area contributed by atoms with Crippen LogP contribution < -0.4 is 4.90 Å². The molecule has 1 atom stereocenters. The number of carbonyl (C=O) groups is 1. The number of benzene rings is 1. The third-order valence-corrected chi connectivity index (χ3v) is 3.48. The first-order chi connectivity index (χ1) is 8.83. The molecule has 0 radical (unpaired) electrons. The number of fused-ring (bicyclic) bond motifs is 1. The Labute approximate surface area is 114 Å². The molecule has 1 unspecified atom stereocenters. The normalized spacial score (nSPS) is 18.4. The molecule has 0 aliphatic carbocycles. The van der Waals surface area contributed by atoms with Crippen molar-refractivity contribution in [3.8, 4) is 0 Å². The lowest BCUT2D eigenvalue weighted by molar-refractivity contribution is -0.145. The second-order valence-electron chi connectivity index (χ2n) is 5.58. The van der Waals surface area contributed by atoms with E-state index in [9.17, 15) is 4.79 Å². The molecule has 1 aromatic carbocycles. The van der Waals surface area contributed by atoms with Gasteiger partial charge >= 0.3 is 5.97 Å². The van der Waals surface area contributed by atoms with Crippen molar-refractivity contribution in [3.63, 3.8) is 0 Å². The average Bonchev–Trinajstić information content (AvgIpc) is 2.26. The Kier molecular flexibility index (Phi) is 3.40. The second kappa shape index (κ2) is 4.72. The van der Waals surface area contributed by atoms with Gasteiger partial charge in [-0.2, -0.15) is 0 Å². The SMILES string of the molecule is CC(=O)OC(C)N1c2ccccc2C(C)=CC1(C)C. The molecule has 1 heterocycles. The van der Waals surface area contributed by atoms with Crippen LogP contribution in [0.1, 0.15) is 40.2 Å². The van der Waals surface area contributed by atoms with Crippen LogP contribution in [0, 0.1) is 0 Å². The number of rotatable bonds is 2. The first-order valence-corrected chi connectivity index (χ1v) is 6.58. The van der Waals surface area contributed by atoms with Gasteiger partial charge < -0.3 is 9.64 Å². The minimum absolute atomic E-state index is 0.187. The molecule has 0 amide bonds. The van der Waals surface area contributed by atoms with Crippen LogP contribution in [0.25, 0.3) is 5.57 Å². The number of ether oxygens (including phenoxy) is 1. The van der Waals surface area contributed by atoms with E-state index >= 15 is 0 Å². The van der Waals surface area contributed by atoms with E-state index in [1.807, 2.05) is 19.1 Å². The van der Waals surface area contributed by atoms with Gasteiger partial charge in [0.1, 0.15) is 0 Å². The Morgan fingerprint density at radius 2 is 1.95 bits per heavy atom. The molecular weight excluding hydrogens is 238 g/mol. The molecule has 3 nitrogen and oxygen atoms in total. The molecule has 1 aromatic rings. The van der Waals surface area contributed by atoms with E-state index < -0.39 is 0 Å². The molecule has 19 heavy (non-hydrogen) atoms. The predicted molar refractivity (Wildman–Crippen MR) is 77.9 cm³/mol. The van der Waals surface area contributed by atoms with Crippen LogP contribution >= 0.6 is 0 Å². The molecular formula is C16H21NO2. The summed E-state index contributed by atoms with van der Waals surface area (Å²) in [5.74, 6) is -0.257.